The largest absolute Gasteiger partial charge is 0.469 e. The van der Waals surface area contributed by atoms with Crippen LogP contribution in [0.2, 0.25) is 0 Å². The minimum atomic E-state index is -3.07. The van der Waals surface area contributed by atoms with Gasteiger partial charge in [0.05, 0.1) is 19.1 Å². The summed E-state index contributed by atoms with van der Waals surface area (Å²) in [5.74, 6) is -0.919. The van der Waals surface area contributed by atoms with Crippen LogP contribution in [-0.4, -0.2) is 19.7 Å². The lowest BCUT2D eigenvalue weighted by molar-refractivity contribution is -0.139. The summed E-state index contributed by atoms with van der Waals surface area (Å²) in [5, 5.41) is 8.86. The van der Waals surface area contributed by atoms with E-state index >= 15 is 0 Å². The number of hydrogen-bond donors (Lipinski definition) is 0. The number of carbonyl (C=O) groups is 1. The molecule has 1 aromatic rings. The van der Waals surface area contributed by atoms with Gasteiger partial charge in [-0.15, -0.1) is 0 Å². The van der Waals surface area contributed by atoms with E-state index in [2.05, 4.69) is 25.4 Å². The molecule has 0 aliphatic carbocycles. The van der Waals surface area contributed by atoms with Gasteiger partial charge >= 0.3 is 12.6 Å². The quantitative estimate of drug-likeness (QED) is 0.800. The minimum Gasteiger partial charge on any atom is -0.469 e. The van der Waals surface area contributed by atoms with Crippen molar-refractivity contribution in [1.29, 1.82) is 5.26 Å². The molecule has 7 heteroatoms. The number of esters is 1. The van der Waals surface area contributed by atoms with Crippen molar-refractivity contribution in [2.24, 2.45) is 0 Å². The maximum Gasteiger partial charge on any atom is 0.387 e. The van der Waals surface area contributed by atoms with Crippen molar-refractivity contribution in [3.63, 3.8) is 0 Å². The van der Waals surface area contributed by atoms with Crippen LogP contribution in [0.5, 0.6) is 5.75 Å². The number of hydrogen-bond acceptors (Lipinski definition) is 4. The second kappa shape index (κ2) is 6.31. The summed E-state index contributed by atoms with van der Waals surface area (Å²) in [6.45, 7) is -3.07. The Morgan fingerprint density at radius 3 is 2.72 bits per heavy atom. The Bertz CT molecular complexity index is 500. The summed E-state index contributed by atoms with van der Waals surface area (Å²) >= 11 is 3.12. The molecule has 0 heterocycles. The summed E-state index contributed by atoms with van der Waals surface area (Å²) in [6, 6.07) is 4.49. The molecular formula is C11H8BrF2NO3. The lowest BCUT2D eigenvalue weighted by Gasteiger charge is -2.12. The Morgan fingerprint density at radius 2 is 2.22 bits per heavy atom. The van der Waals surface area contributed by atoms with E-state index in [0.29, 0.717) is 4.47 Å². The lowest BCUT2D eigenvalue weighted by atomic mass is 10.1. The van der Waals surface area contributed by atoms with E-state index in [9.17, 15) is 13.6 Å². The fraction of sp³-hybridized carbons (Fsp3) is 0.273. The number of benzene rings is 1. The molecule has 0 radical (unpaired) electrons. The van der Waals surface area contributed by atoms with Gasteiger partial charge in [-0.25, -0.2) is 0 Å². The average Bonchev–Trinajstić information content (AvgIpc) is 2.31. The molecule has 18 heavy (non-hydrogen) atoms. The minimum absolute atomic E-state index is 0.0800. The highest BCUT2D eigenvalue weighted by Gasteiger charge is 2.18. The van der Waals surface area contributed by atoms with Crippen LogP contribution in [0.3, 0.4) is 0 Å². The molecule has 0 spiro atoms. The Hall–Kier alpha value is -1.68. The van der Waals surface area contributed by atoms with Crippen LogP contribution >= 0.6 is 15.9 Å². The highest BCUT2D eigenvalue weighted by Crippen LogP contribution is 2.30. The van der Waals surface area contributed by atoms with Crippen molar-refractivity contribution >= 4 is 21.9 Å². The number of ether oxygens (including phenoxy) is 2. The SMILES string of the molecule is COC(=O)Cc1cc(Br)cc(C#N)c1OC(F)F. The number of alkyl halides is 2. The summed E-state index contributed by atoms with van der Waals surface area (Å²) in [5.41, 5.74) is 0.0802. The van der Waals surface area contributed by atoms with E-state index in [1.165, 1.54) is 19.2 Å². The van der Waals surface area contributed by atoms with Gasteiger partial charge in [0.15, 0.2) is 0 Å². The summed E-state index contributed by atoms with van der Waals surface area (Å²) in [6.07, 6.45) is -0.257. The van der Waals surface area contributed by atoms with Crippen molar-refractivity contribution in [3.8, 4) is 11.8 Å². The van der Waals surface area contributed by atoms with Crippen LogP contribution in [0.4, 0.5) is 8.78 Å². The molecule has 0 bridgehead atoms. The number of nitrogens with zero attached hydrogens (tertiary/aromatic N) is 1. The molecule has 0 saturated carbocycles. The number of methoxy groups -OCH3 is 1. The molecule has 0 aliphatic rings. The van der Waals surface area contributed by atoms with Gasteiger partial charge < -0.3 is 9.47 Å². The Kier molecular flexibility index (Phi) is 5.04. The van der Waals surface area contributed by atoms with Crippen molar-refractivity contribution in [2.75, 3.05) is 7.11 Å². The number of carbonyl (C=O) groups excluding carboxylic acids is 1. The molecule has 0 aromatic heterocycles. The van der Waals surface area contributed by atoms with Gasteiger partial charge in [-0.1, -0.05) is 15.9 Å². The van der Waals surface area contributed by atoms with Crippen molar-refractivity contribution in [1.82, 2.24) is 0 Å². The molecular weight excluding hydrogens is 312 g/mol. The number of halogens is 3. The molecule has 0 N–H and O–H groups in total. The Balaban J connectivity index is 3.24. The normalized spacial score (nSPS) is 10.0. The van der Waals surface area contributed by atoms with E-state index in [1.54, 1.807) is 6.07 Å². The van der Waals surface area contributed by atoms with E-state index in [1.807, 2.05) is 0 Å². The van der Waals surface area contributed by atoms with Crippen LogP contribution in [0.25, 0.3) is 0 Å². The second-order valence-electron chi connectivity index (χ2n) is 3.18. The van der Waals surface area contributed by atoms with Crippen LogP contribution in [0.1, 0.15) is 11.1 Å². The van der Waals surface area contributed by atoms with Gasteiger partial charge in [0.25, 0.3) is 0 Å². The average molecular weight is 320 g/mol. The zero-order valence-corrected chi connectivity index (χ0v) is 10.8. The number of rotatable bonds is 4. The zero-order chi connectivity index (χ0) is 13.7. The highest BCUT2D eigenvalue weighted by molar-refractivity contribution is 9.10. The fourth-order valence-electron chi connectivity index (χ4n) is 1.32. The van der Waals surface area contributed by atoms with Crippen LogP contribution < -0.4 is 4.74 Å². The van der Waals surface area contributed by atoms with Gasteiger partial charge in [-0.2, -0.15) is 14.0 Å². The van der Waals surface area contributed by atoms with Gasteiger partial charge in [-0.05, 0) is 12.1 Å². The van der Waals surface area contributed by atoms with Crippen LogP contribution in [-0.2, 0) is 16.0 Å². The summed E-state index contributed by atoms with van der Waals surface area (Å²) in [7, 11) is 1.18. The van der Waals surface area contributed by atoms with Crippen LogP contribution in [0.15, 0.2) is 16.6 Å². The fourth-order valence-corrected chi connectivity index (χ4v) is 1.83. The zero-order valence-electron chi connectivity index (χ0n) is 9.25. The Labute approximate surface area is 110 Å². The number of nitriles is 1. The third-order valence-electron chi connectivity index (χ3n) is 2.02. The second-order valence-corrected chi connectivity index (χ2v) is 4.10. The molecule has 1 aromatic carbocycles. The molecule has 0 fully saturated rings. The third-order valence-corrected chi connectivity index (χ3v) is 2.48. The first-order valence-electron chi connectivity index (χ1n) is 4.72. The van der Waals surface area contributed by atoms with Gasteiger partial charge in [-0.3, -0.25) is 4.79 Å². The monoisotopic (exact) mass is 319 g/mol. The molecule has 0 saturated heterocycles. The summed E-state index contributed by atoms with van der Waals surface area (Å²) < 4.78 is 33.8. The third kappa shape index (κ3) is 3.67. The predicted octanol–water partition coefficient (Wildman–Crippen LogP) is 2.64. The molecule has 0 atom stereocenters. The van der Waals surface area contributed by atoms with E-state index in [4.69, 9.17) is 5.26 Å². The van der Waals surface area contributed by atoms with Crippen molar-refractivity contribution in [2.45, 2.75) is 13.0 Å². The van der Waals surface area contributed by atoms with E-state index in [-0.39, 0.29) is 23.3 Å². The van der Waals surface area contributed by atoms with Crippen molar-refractivity contribution < 1.29 is 23.0 Å². The van der Waals surface area contributed by atoms with Gasteiger partial charge in [0.1, 0.15) is 11.8 Å². The standard InChI is InChI=1S/C11H8BrF2NO3/c1-17-9(16)4-6-2-8(12)3-7(5-15)10(6)18-11(13)14/h2-3,11H,4H2,1H3. The molecule has 0 amide bonds. The van der Waals surface area contributed by atoms with Gasteiger partial charge in [0, 0.05) is 10.0 Å². The lowest BCUT2D eigenvalue weighted by Crippen LogP contribution is -2.10. The Morgan fingerprint density at radius 1 is 1.56 bits per heavy atom. The van der Waals surface area contributed by atoms with E-state index < -0.39 is 12.6 Å². The molecule has 96 valence electrons. The van der Waals surface area contributed by atoms with E-state index in [0.717, 1.165) is 0 Å². The highest BCUT2D eigenvalue weighted by atomic mass is 79.9. The van der Waals surface area contributed by atoms with Crippen LogP contribution in [0, 0.1) is 11.3 Å². The molecule has 4 nitrogen and oxygen atoms in total. The molecule has 0 unspecified atom stereocenters. The van der Waals surface area contributed by atoms with Crippen molar-refractivity contribution in [3.05, 3.63) is 27.7 Å². The maximum absolute atomic E-state index is 12.3. The first-order valence-corrected chi connectivity index (χ1v) is 5.51. The summed E-state index contributed by atoms with van der Waals surface area (Å²) in [4.78, 5) is 11.2. The first kappa shape index (κ1) is 14.4. The van der Waals surface area contributed by atoms with Gasteiger partial charge in [0.2, 0.25) is 0 Å². The first-order chi connectivity index (χ1) is 8.47. The smallest absolute Gasteiger partial charge is 0.387 e. The molecule has 0 aliphatic heterocycles. The predicted molar refractivity (Wildman–Crippen MR) is 61.2 cm³/mol. The molecule has 1 rings (SSSR count). The topological polar surface area (TPSA) is 59.3 Å². The maximum atomic E-state index is 12.3.